The zero-order valence-corrected chi connectivity index (χ0v) is 15.6. The molecule has 0 aliphatic rings. The van der Waals surface area contributed by atoms with Gasteiger partial charge in [0, 0.05) is 18.8 Å². The van der Waals surface area contributed by atoms with E-state index in [9.17, 15) is 4.79 Å². The first kappa shape index (κ1) is 19.2. The zero-order valence-electron chi connectivity index (χ0n) is 15.6. The number of nitrogens with two attached hydrogens (primary N) is 1. The Labute approximate surface area is 165 Å². The Kier molecular flexibility index (Phi) is 6.79. The monoisotopic (exact) mass is 372 g/mol. The third-order valence-corrected chi connectivity index (χ3v) is 4.22. The minimum Gasteiger partial charge on any atom is -0.397 e. The van der Waals surface area contributed by atoms with Crippen LogP contribution in [0.2, 0.25) is 0 Å². The molecule has 0 radical (unpaired) electrons. The van der Waals surface area contributed by atoms with Crippen LogP contribution in [-0.2, 0) is 11.2 Å². The molecule has 1 aromatic heterocycles. The van der Waals surface area contributed by atoms with Gasteiger partial charge < -0.3 is 16.4 Å². The second-order valence-electron chi connectivity index (χ2n) is 6.40. The fourth-order valence-electron chi connectivity index (χ4n) is 2.72. The zero-order chi connectivity index (χ0) is 19.6. The highest BCUT2D eigenvalue weighted by atomic mass is 16.1. The Morgan fingerprint density at radius 2 is 1.79 bits per heavy atom. The maximum Gasteiger partial charge on any atom is 0.248 e. The van der Waals surface area contributed by atoms with Crippen LogP contribution in [0.15, 0.2) is 79.0 Å². The summed E-state index contributed by atoms with van der Waals surface area (Å²) in [5.74, 6) is 0.590. The number of amides is 1. The fraction of sp³-hybridized carbons (Fsp3) is 0.130. The van der Waals surface area contributed by atoms with Gasteiger partial charge in [-0.25, -0.2) is 4.98 Å². The van der Waals surface area contributed by atoms with Crippen molar-refractivity contribution in [2.45, 2.75) is 12.8 Å². The quantitative estimate of drug-likeness (QED) is 0.312. The van der Waals surface area contributed by atoms with Crippen molar-refractivity contribution in [1.82, 2.24) is 4.98 Å². The van der Waals surface area contributed by atoms with Gasteiger partial charge in [-0.2, -0.15) is 0 Å². The third-order valence-electron chi connectivity index (χ3n) is 4.22. The van der Waals surface area contributed by atoms with Crippen molar-refractivity contribution in [1.29, 1.82) is 0 Å². The number of nitrogens with zero attached hydrogens (tertiary/aromatic N) is 1. The number of nitrogens with one attached hydrogen (secondary N) is 2. The molecule has 1 heterocycles. The number of pyridine rings is 1. The third kappa shape index (κ3) is 5.99. The lowest BCUT2D eigenvalue weighted by Gasteiger charge is -2.06. The molecule has 5 heteroatoms. The van der Waals surface area contributed by atoms with Crippen LogP contribution in [0.1, 0.15) is 17.5 Å². The number of aromatic nitrogens is 1. The van der Waals surface area contributed by atoms with Gasteiger partial charge in [-0.3, -0.25) is 4.79 Å². The van der Waals surface area contributed by atoms with E-state index in [1.54, 1.807) is 24.4 Å². The summed E-state index contributed by atoms with van der Waals surface area (Å²) in [6, 6.07) is 21.4. The van der Waals surface area contributed by atoms with Gasteiger partial charge in [-0.1, -0.05) is 42.5 Å². The lowest BCUT2D eigenvalue weighted by molar-refractivity contribution is -0.111. The van der Waals surface area contributed by atoms with Crippen molar-refractivity contribution < 1.29 is 4.79 Å². The maximum absolute atomic E-state index is 12.0. The summed E-state index contributed by atoms with van der Waals surface area (Å²) in [6.07, 6.45) is 7.00. The van der Waals surface area contributed by atoms with Crippen molar-refractivity contribution >= 4 is 29.2 Å². The predicted molar refractivity (Wildman–Crippen MR) is 116 cm³/mol. The summed E-state index contributed by atoms with van der Waals surface area (Å²) >= 11 is 0. The number of para-hydroxylation sites is 2. The highest BCUT2D eigenvalue weighted by molar-refractivity contribution is 6.03. The molecule has 0 saturated heterocycles. The molecule has 1 amide bonds. The molecule has 5 nitrogen and oxygen atoms in total. The summed E-state index contributed by atoms with van der Waals surface area (Å²) < 4.78 is 0. The summed E-state index contributed by atoms with van der Waals surface area (Å²) in [6.45, 7) is 0.859. The smallest absolute Gasteiger partial charge is 0.248 e. The SMILES string of the molecule is Nc1ccccc1NC(=O)/C=C\c1ccc(NCCCc2ccccc2)nc1. The highest BCUT2D eigenvalue weighted by Crippen LogP contribution is 2.16. The van der Waals surface area contributed by atoms with Crippen LogP contribution in [-0.4, -0.2) is 17.4 Å². The lowest BCUT2D eigenvalue weighted by Crippen LogP contribution is -2.09. The summed E-state index contributed by atoms with van der Waals surface area (Å²) in [7, 11) is 0. The Bertz CT molecular complexity index is 921. The van der Waals surface area contributed by atoms with Crippen molar-refractivity contribution in [2.75, 3.05) is 22.9 Å². The molecule has 0 fully saturated rings. The second-order valence-corrected chi connectivity index (χ2v) is 6.40. The van der Waals surface area contributed by atoms with E-state index in [0.29, 0.717) is 11.4 Å². The number of aryl methyl sites for hydroxylation is 1. The standard InChI is InChI=1S/C23H24N4O/c24-20-10-4-5-11-21(20)27-23(28)15-13-19-12-14-22(26-17-19)25-16-6-9-18-7-2-1-3-8-18/h1-5,7-8,10-15,17H,6,9,16,24H2,(H,25,26)(H,27,28)/b15-13-. The molecule has 3 aromatic rings. The first-order chi connectivity index (χ1) is 13.7. The molecular weight excluding hydrogens is 348 g/mol. The van der Waals surface area contributed by atoms with E-state index in [1.165, 1.54) is 11.6 Å². The minimum atomic E-state index is -0.235. The van der Waals surface area contributed by atoms with Crippen LogP contribution in [0.25, 0.3) is 6.08 Å². The number of carbonyl (C=O) groups excluding carboxylic acids is 1. The first-order valence-corrected chi connectivity index (χ1v) is 9.28. The van der Waals surface area contributed by atoms with E-state index in [2.05, 4.69) is 39.9 Å². The van der Waals surface area contributed by atoms with Gasteiger partial charge in [-0.05, 0) is 54.3 Å². The van der Waals surface area contributed by atoms with E-state index in [-0.39, 0.29) is 5.91 Å². The maximum atomic E-state index is 12.0. The van der Waals surface area contributed by atoms with Crippen molar-refractivity contribution in [2.24, 2.45) is 0 Å². The molecule has 28 heavy (non-hydrogen) atoms. The summed E-state index contributed by atoms with van der Waals surface area (Å²) in [5.41, 5.74) is 9.15. The Hall–Kier alpha value is -3.60. The van der Waals surface area contributed by atoms with Gasteiger partial charge in [0.2, 0.25) is 5.91 Å². The molecule has 3 rings (SSSR count). The topological polar surface area (TPSA) is 80.0 Å². The van der Waals surface area contributed by atoms with Gasteiger partial charge in [0.15, 0.2) is 0 Å². The van der Waals surface area contributed by atoms with Crippen LogP contribution in [0, 0.1) is 0 Å². The summed E-state index contributed by atoms with van der Waals surface area (Å²) in [4.78, 5) is 16.4. The van der Waals surface area contributed by atoms with E-state index >= 15 is 0 Å². The fourth-order valence-corrected chi connectivity index (χ4v) is 2.72. The average Bonchev–Trinajstić information content (AvgIpc) is 2.73. The minimum absolute atomic E-state index is 0.235. The number of carbonyl (C=O) groups is 1. The molecule has 0 aliphatic heterocycles. The number of benzene rings is 2. The molecule has 2 aromatic carbocycles. The molecule has 0 unspecified atom stereocenters. The van der Waals surface area contributed by atoms with Crippen molar-refractivity contribution in [3.05, 3.63) is 90.1 Å². The molecule has 0 aliphatic carbocycles. The van der Waals surface area contributed by atoms with Crippen LogP contribution in [0.5, 0.6) is 0 Å². The van der Waals surface area contributed by atoms with Gasteiger partial charge in [-0.15, -0.1) is 0 Å². The van der Waals surface area contributed by atoms with Crippen LogP contribution >= 0.6 is 0 Å². The Morgan fingerprint density at radius 3 is 2.54 bits per heavy atom. The normalized spacial score (nSPS) is 10.7. The Morgan fingerprint density at radius 1 is 1.00 bits per heavy atom. The number of hydrogen-bond donors (Lipinski definition) is 3. The van der Waals surface area contributed by atoms with Gasteiger partial charge in [0.05, 0.1) is 11.4 Å². The molecule has 0 bridgehead atoms. The number of nitrogen functional groups attached to an aromatic ring is 1. The van der Waals surface area contributed by atoms with Crippen molar-refractivity contribution in [3.8, 4) is 0 Å². The molecule has 4 N–H and O–H groups in total. The highest BCUT2D eigenvalue weighted by Gasteiger charge is 2.01. The second kappa shape index (κ2) is 9.92. The van der Waals surface area contributed by atoms with Crippen LogP contribution in [0.3, 0.4) is 0 Å². The predicted octanol–water partition coefficient (Wildman–Crippen LogP) is 4.36. The van der Waals surface area contributed by atoms with Crippen LogP contribution < -0.4 is 16.4 Å². The molecule has 0 atom stereocenters. The number of hydrogen-bond acceptors (Lipinski definition) is 4. The van der Waals surface area contributed by atoms with E-state index in [4.69, 9.17) is 5.73 Å². The number of rotatable bonds is 8. The molecule has 0 saturated carbocycles. The van der Waals surface area contributed by atoms with Gasteiger partial charge in [0.25, 0.3) is 0 Å². The largest absolute Gasteiger partial charge is 0.397 e. The lowest BCUT2D eigenvalue weighted by atomic mass is 10.1. The number of anilines is 3. The Balaban J connectivity index is 1.44. The first-order valence-electron chi connectivity index (χ1n) is 9.28. The average molecular weight is 372 g/mol. The van der Waals surface area contributed by atoms with Gasteiger partial charge in [0.1, 0.15) is 5.82 Å². The van der Waals surface area contributed by atoms with Crippen LogP contribution in [0.4, 0.5) is 17.2 Å². The molecular formula is C23H24N4O. The molecule has 142 valence electrons. The van der Waals surface area contributed by atoms with Crippen molar-refractivity contribution in [3.63, 3.8) is 0 Å². The van der Waals surface area contributed by atoms with E-state index in [0.717, 1.165) is 30.8 Å². The van der Waals surface area contributed by atoms with E-state index in [1.807, 2.05) is 30.3 Å². The van der Waals surface area contributed by atoms with E-state index < -0.39 is 0 Å². The molecule has 0 spiro atoms. The summed E-state index contributed by atoms with van der Waals surface area (Å²) in [5, 5.41) is 6.07. The van der Waals surface area contributed by atoms with Gasteiger partial charge >= 0.3 is 0 Å².